The first-order valence-corrected chi connectivity index (χ1v) is 6.96. The van der Waals surface area contributed by atoms with E-state index in [1.54, 1.807) is 0 Å². The highest BCUT2D eigenvalue weighted by Gasteiger charge is 2.22. The molecule has 0 aromatic carbocycles. The predicted octanol–water partition coefficient (Wildman–Crippen LogP) is 0.966. The number of hydrogen-bond acceptors (Lipinski definition) is 6. The van der Waals surface area contributed by atoms with Crippen LogP contribution in [0, 0.1) is 0 Å². The minimum absolute atomic E-state index is 0.0809. The number of hydrogen-bond donors (Lipinski definition) is 4. The monoisotopic (exact) mass is 278 g/mol. The minimum Gasteiger partial charge on any atom is -0.369 e. The van der Waals surface area contributed by atoms with E-state index in [0.29, 0.717) is 24.8 Å². The van der Waals surface area contributed by atoms with Gasteiger partial charge in [-0.25, -0.2) is 15.8 Å². The average Bonchev–Trinajstić information content (AvgIpc) is 3.21. The number of nitrogens with one attached hydrogen (secondary N) is 3. The lowest BCUT2D eigenvalue weighted by Crippen LogP contribution is -2.27. The number of amides is 1. The van der Waals surface area contributed by atoms with Crippen molar-refractivity contribution in [3.8, 4) is 0 Å². The lowest BCUT2D eigenvalue weighted by molar-refractivity contribution is -0.120. The van der Waals surface area contributed by atoms with Gasteiger partial charge in [0, 0.05) is 24.6 Å². The molecule has 1 aromatic heterocycles. The number of carbonyl (C=O) groups excluding carboxylic acids is 1. The van der Waals surface area contributed by atoms with Crippen molar-refractivity contribution >= 4 is 17.5 Å². The number of rotatable bonds is 7. The summed E-state index contributed by atoms with van der Waals surface area (Å²) in [6, 6.07) is 0.404. The highest BCUT2D eigenvalue weighted by Crippen LogP contribution is 2.27. The Morgan fingerprint density at radius 1 is 1.40 bits per heavy atom. The van der Waals surface area contributed by atoms with Crippen LogP contribution in [0.25, 0.3) is 0 Å². The Labute approximate surface area is 118 Å². The van der Waals surface area contributed by atoms with Crippen molar-refractivity contribution in [2.24, 2.45) is 5.84 Å². The van der Waals surface area contributed by atoms with Crippen LogP contribution in [0.1, 0.15) is 44.6 Å². The zero-order valence-corrected chi connectivity index (χ0v) is 11.9. The van der Waals surface area contributed by atoms with Crippen molar-refractivity contribution in [2.75, 3.05) is 17.3 Å². The van der Waals surface area contributed by atoms with Gasteiger partial charge in [0.25, 0.3) is 0 Å². The molecule has 1 aliphatic rings. The number of carbonyl (C=O) groups is 1. The van der Waals surface area contributed by atoms with Crippen LogP contribution in [-0.2, 0) is 4.79 Å². The molecule has 110 valence electrons. The molecule has 0 radical (unpaired) electrons. The molecule has 20 heavy (non-hydrogen) atoms. The molecule has 0 unspecified atom stereocenters. The van der Waals surface area contributed by atoms with Crippen molar-refractivity contribution in [1.29, 1.82) is 0 Å². The zero-order chi connectivity index (χ0) is 14.5. The Morgan fingerprint density at radius 2 is 2.10 bits per heavy atom. The van der Waals surface area contributed by atoms with Gasteiger partial charge >= 0.3 is 0 Å². The molecular formula is C13H22N6O. The first-order valence-electron chi connectivity index (χ1n) is 6.96. The van der Waals surface area contributed by atoms with Gasteiger partial charge in [-0.3, -0.25) is 4.79 Å². The van der Waals surface area contributed by atoms with Crippen LogP contribution in [-0.4, -0.2) is 28.5 Å². The van der Waals surface area contributed by atoms with E-state index in [0.717, 1.165) is 24.2 Å². The van der Waals surface area contributed by atoms with Gasteiger partial charge < -0.3 is 16.1 Å². The van der Waals surface area contributed by atoms with E-state index in [9.17, 15) is 4.79 Å². The molecule has 5 N–H and O–H groups in total. The van der Waals surface area contributed by atoms with Crippen LogP contribution in [0.4, 0.5) is 11.6 Å². The third-order valence-electron chi connectivity index (χ3n) is 3.18. The molecule has 1 aromatic rings. The molecular weight excluding hydrogens is 256 g/mol. The molecule has 1 heterocycles. The normalized spacial score (nSPS) is 14.2. The molecule has 1 saturated carbocycles. The molecule has 0 saturated heterocycles. The second kappa shape index (κ2) is 6.51. The molecule has 1 aliphatic carbocycles. The van der Waals surface area contributed by atoms with E-state index >= 15 is 0 Å². The summed E-state index contributed by atoms with van der Waals surface area (Å²) >= 11 is 0. The minimum atomic E-state index is 0.0809. The van der Waals surface area contributed by atoms with Crippen molar-refractivity contribution in [1.82, 2.24) is 15.3 Å². The molecule has 7 heteroatoms. The molecule has 0 atom stereocenters. The quantitative estimate of drug-likeness (QED) is 0.437. The van der Waals surface area contributed by atoms with Crippen molar-refractivity contribution in [3.05, 3.63) is 11.9 Å². The van der Waals surface area contributed by atoms with Gasteiger partial charge in [0.15, 0.2) is 0 Å². The van der Waals surface area contributed by atoms with Crippen LogP contribution in [0.15, 0.2) is 6.33 Å². The summed E-state index contributed by atoms with van der Waals surface area (Å²) in [5, 5.41) is 6.14. The van der Waals surface area contributed by atoms with Crippen LogP contribution in [0.2, 0.25) is 0 Å². The standard InChI is InChI=1S/C13H22N6O/c1-8(2)11-12(16-7-17-13(11)19-14)15-6-5-10(20)18-9-3-4-9/h7-9H,3-6,14H2,1-2H3,(H,18,20)(H2,15,16,17,19). The molecule has 2 rings (SSSR count). The number of nitrogens with two attached hydrogens (primary N) is 1. The Hall–Kier alpha value is -1.89. The van der Waals surface area contributed by atoms with Crippen molar-refractivity contribution < 1.29 is 4.79 Å². The summed E-state index contributed by atoms with van der Waals surface area (Å²) in [4.78, 5) is 19.9. The van der Waals surface area contributed by atoms with E-state index in [-0.39, 0.29) is 11.8 Å². The van der Waals surface area contributed by atoms with Crippen LogP contribution >= 0.6 is 0 Å². The lowest BCUT2D eigenvalue weighted by Gasteiger charge is -2.16. The van der Waals surface area contributed by atoms with E-state index < -0.39 is 0 Å². The van der Waals surface area contributed by atoms with Gasteiger partial charge in [-0.2, -0.15) is 0 Å². The smallest absolute Gasteiger partial charge is 0.221 e. The SMILES string of the molecule is CC(C)c1c(NN)ncnc1NCCC(=O)NC1CC1. The molecule has 0 spiro atoms. The first-order chi connectivity index (χ1) is 9.61. The number of nitrogen functional groups attached to an aromatic ring is 1. The highest BCUT2D eigenvalue weighted by molar-refractivity contribution is 5.77. The highest BCUT2D eigenvalue weighted by atomic mass is 16.1. The predicted molar refractivity (Wildman–Crippen MR) is 78.2 cm³/mol. The van der Waals surface area contributed by atoms with E-state index in [2.05, 4.69) is 26.0 Å². The Bertz CT molecular complexity index is 472. The lowest BCUT2D eigenvalue weighted by atomic mass is 10.0. The zero-order valence-electron chi connectivity index (χ0n) is 11.9. The van der Waals surface area contributed by atoms with E-state index in [1.165, 1.54) is 6.33 Å². The Balaban J connectivity index is 1.92. The molecule has 1 amide bonds. The fourth-order valence-corrected chi connectivity index (χ4v) is 2.02. The van der Waals surface area contributed by atoms with Crippen LogP contribution in [0.3, 0.4) is 0 Å². The van der Waals surface area contributed by atoms with Crippen molar-refractivity contribution in [3.63, 3.8) is 0 Å². The molecule has 0 bridgehead atoms. The number of aromatic nitrogens is 2. The molecule has 0 aliphatic heterocycles. The Kier molecular flexibility index (Phi) is 4.73. The number of nitrogens with zero attached hydrogens (tertiary/aromatic N) is 2. The maximum Gasteiger partial charge on any atom is 0.221 e. The van der Waals surface area contributed by atoms with Gasteiger partial charge in [0.05, 0.1) is 0 Å². The summed E-state index contributed by atoms with van der Waals surface area (Å²) in [5.41, 5.74) is 3.51. The molecule has 7 nitrogen and oxygen atoms in total. The summed E-state index contributed by atoms with van der Waals surface area (Å²) in [6.07, 6.45) is 4.10. The summed E-state index contributed by atoms with van der Waals surface area (Å²) in [7, 11) is 0. The van der Waals surface area contributed by atoms with Crippen LogP contribution < -0.4 is 21.9 Å². The largest absolute Gasteiger partial charge is 0.369 e. The Morgan fingerprint density at radius 3 is 2.70 bits per heavy atom. The third-order valence-corrected chi connectivity index (χ3v) is 3.18. The maximum atomic E-state index is 11.6. The summed E-state index contributed by atoms with van der Waals surface area (Å²) < 4.78 is 0. The average molecular weight is 278 g/mol. The van der Waals surface area contributed by atoms with Gasteiger partial charge in [0.1, 0.15) is 18.0 Å². The van der Waals surface area contributed by atoms with E-state index in [1.807, 2.05) is 13.8 Å². The van der Waals surface area contributed by atoms with Gasteiger partial charge in [-0.1, -0.05) is 13.8 Å². The summed E-state index contributed by atoms with van der Waals surface area (Å²) in [5.74, 6) is 7.11. The first kappa shape index (κ1) is 14.5. The van der Waals surface area contributed by atoms with Gasteiger partial charge in [-0.15, -0.1) is 0 Å². The van der Waals surface area contributed by atoms with Gasteiger partial charge in [0.2, 0.25) is 5.91 Å². The number of anilines is 2. The second-order valence-corrected chi connectivity index (χ2v) is 5.30. The third kappa shape index (κ3) is 3.80. The maximum absolute atomic E-state index is 11.6. The summed E-state index contributed by atoms with van der Waals surface area (Å²) in [6.45, 7) is 4.63. The van der Waals surface area contributed by atoms with Crippen molar-refractivity contribution in [2.45, 2.75) is 45.1 Å². The van der Waals surface area contributed by atoms with Gasteiger partial charge in [-0.05, 0) is 18.8 Å². The second-order valence-electron chi connectivity index (χ2n) is 5.30. The topological polar surface area (TPSA) is 105 Å². The number of hydrazine groups is 1. The fourth-order valence-electron chi connectivity index (χ4n) is 2.02. The van der Waals surface area contributed by atoms with E-state index in [4.69, 9.17) is 5.84 Å². The van der Waals surface area contributed by atoms with Crippen LogP contribution in [0.5, 0.6) is 0 Å². The molecule has 1 fully saturated rings. The fraction of sp³-hybridized carbons (Fsp3) is 0.615.